The van der Waals surface area contributed by atoms with Crippen molar-refractivity contribution in [3.8, 4) is 0 Å². The van der Waals surface area contributed by atoms with Gasteiger partial charge in [-0.1, -0.05) is 6.92 Å². The Hall–Kier alpha value is -1.20. The smallest absolute Gasteiger partial charge is 0.131 e. The van der Waals surface area contributed by atoms with Crippen LogP contribution in [-0.4, -0.2) is 21.6 Å². The first-order valence-corrected chi connectivity index (χ1v) is 6.55. The zero-order valence-electron chi connectivity index (χ0n) is 10.4. The van der Waals surface area contributed by atoms with Crippen LogP contribution >= 0.6 is 11.3 Å². The standard InChI is InChI=1S/C12H17N3OS/c1-4-15(7-11-6-5-9(2)16-11)8-12-14-13-10(3)17-12/h5-6H,4,7-8H2,1-3H3. The highest BCUT2D eigenvalue weighted by Gasteiger charge is 2.10. The lowest BCUT2D eigenvalue weighted by atomic mass is 10.4. The molecule has 4 nitrogen and oxygen atoms in total. The van der Waals surface area contributed by atoms with Crippen LogP contribution in [0.5, 0.6) is 0 Å². The highest BCUT2D eigenvalue weighted by atomic mass is 32.1. The quantitative estimate of drug-likeness (QED) is 0.819. The first-order valence-electron chi connectivity index (χ1n) is 5.74. The van der Waals surface area contributed by atoms with E-state index in [1.165, 1.54) is 0 Å². The molecular weight excluding hydrogens is 234 g/mol. The summed E-state index contributed by atoms with van der Waals surface area (Å²) in [6.07, 6.45) is 0. The zero-order valence-corrected chi connectivity index (χ0v) is 11.3. The number of aryl methyl sites for hydroxylation is 2. The van der Waals surface area contributed by atoms with E-state index >= 15 is 0 Å². The Morgan fingerprint density at radius 3 is 2.59 bits per heavy atom. The predicted molar refractivity (Wildman–Crippen MR) is 67.9 cm³/mol. The third-order valence-corrected chi connectivity index (χ3v) is 3.37. The van der Waals surface area contributed by atoms with Crippen LogP contribution in [0.1, 0.15) is 28.5 Å². The van der Waals surface area contributed by atoms with Crippen molar-refractivity contribution in [3.63, 3.8) is 0 Å². The second-order valence-corrected chi connectivity index (χ2v) is 5.30. The molecule has 5 heteroatoms. The summed E-state index contributed by atoms with van der Waals surface area (Å²) >= 11 is 1.65. The predicted octanol–water partition coefficient (Wildman–Crippen LogP) is 2.77. The van der Waals surface area contributed by atoms with Crippen molar-refractivity contribution in [2.75, 3.05) is 6.54 Å². The minimum Gasteiger partial charge on any atom is -0.465 e. The van der Waals surface area contributed by atoms with Crippen LogP contribution in [0.3, 0.4) is 0 Å². The molecule has 2 heterocycles. The summed E-state index contributed by atoms with van der Waals surface area (Å²) in [5.74, 6) is 1.97. The van der Waals surface area contributed by atoms with E-state index in [1.54, 1.807) is 11.3 Å². The normalized spacial score (nSPS) is 11.3. The maximum Gasteiger partial charge on any atom is 0.131 e. The lowest BCUT2D eigenvalue weighted by Gasteiger charge is -2.16. The van der Waals surface area contributed by atoms with Gasteiger partial charge in [0, 0.05) is 0 Å². The Kier molecular flexibility index (Phi) is 3.91. The topological polar surface area (TPSA) is 42.2 Å². The maximum atomic E-state index is 5.58. The van der Waals surface area contributed by atoms with Gasteiger partial charge in [0.2, 0.25) is 0 Å². The van der Waals surface area contributed by atoms with Crippen LogP contribution in [0.4, 0.5) is 0 Å². The van der Waals surface area contributed by atoms with E-state index < -0.39 is 0 Å². The molecule has 0 saturated carbocycles. The molecule has 0 atom stereocenters. The summed E-state index contributed by atoms with van der Waals surface area (Å²) in [6, 6.07) is 4.03. The van der Waals surface area contributed by atoms with Gasteiger partial charge < -0.3 is 4.42 Å². The van der Waals surface area contributed by atoms with Crippen LogP contribution in [0.2, 0.25) is 0 Å². The molecular formula is C12H17N3OS. The molecule has 0 aliphatic heterocycles. The third-order valence-electron chi connectivity index (χ3n) is 2.55. The van der Waals surface area contributed by atoms with E-state index in [0.29, 0.717) is 0 Å². The molecule has 0 saturated heterocycles. The Balaban J connectivity index is 1.97. The van der Waals surface area contributed by atoms with Crippen molar-refractivity contribution >= 4 is 11.3 Å². The fraction of sp³-hybridized carbons (Fsp3) is 0.500. The van der Waals surface area contributed by atoms with Gasteiger partial charge in [0.05, 0.1) is 13.1 Å². The third kappa shape index (κ3) is 3.38. The van der Waals surface area contributed by atoms with Gasteiger partial charge in [0.1, 0.15) is 21.5 Å². The van der Waals surface area contributed by atoms with Gasteiger partial charge in [0.25, 0.3) is 0 Å². The highest BCUT2D eigenvalue weighted by molar-refractivity contribution is 7.11. The molecule has 0 spiro atoms. The molecule has 0 aliphatic carbocycles. The Morgan fingerprint density at radius 2 is 2.06 bits per heavy atom. The molecule has 0 N–H and O–H groups in total. The van der Waals surface area contributed by atoms with Crippen molar-refractivity contribution < 1.29 is 4.42 Å². The van der Waals surface area contributed by atoms with Crippen LogP contribution in [0, 0.1) is 13.8 Å². The van der Waals surface area contributed by atoms with Crippen molar-refractivity contribution in [3.05, 3.63) is 33.7 Å². The number of nitrogens with zero attached hydrogens (tertiary/aromatic N) is 3. The number of hydrogen-bond donors (Lipinski definition) is 0. The summed E-state index contributed by atoms with van der Waals surface area (Å²) < 4.78 is 5.58. The van der Waals surface area contributed by atoms with Crippen molar-refractivity contribution in [1.29, 1.82) is 0 Å². The number of hydrogen-bond acceptors (Lipinski definition) is 5. The van der Waals surface area contributed by atoms with Gasteiger partial charge in [-0.2, -0.15) is 0 Å². The maximum absolute atomic E-state index is 5.58. The molecule has 0 radical (unpaired) electrons. The van der Waals surface area contributed by atoms with Gasteiger partial charge in [-0.15, -0.1) is 21.5 Å². The summed E-state index contributed by atoms with van der Waals surface area (Å²) in [5.41, 5.74) is 0. The average molecular weight is 251 g/mol. The van der Waals surface area contributed by atoms with Gasteiger partial charge >= 0.3 is 0 Å². The van der Waals surface area contributed by atoms with E-state index in [2.05, 4.69) is 22.0 Å². The summed E-state index contributed by atoms with van der Waals surface area (Å²) in [7, 11) is 0. The van der Waals surface area contributed by atoms with E-state index in [-0.39, 0.29) is 0 Å². The van der Waals surface area contributed by atoms with Gasteiger partial charge in [0.15, 0.2) is 0 Å². The molecule has 17 heavy (non-hydrogen) atoms. The molecule has 0 bridgehead atoms. The van der Waals surface area contributed by atoms with Gasteiger partial charge in [-0.3, -0.25) is 4.90 Å². The van der Waals surface area contributed by atoms with Crippen LogP contribution in [0.25, 0.3) is 0 Å². The van der Waals surface area contributed by atoms with Gasteiger partial charge in [-0.05, 0) is 32.5 Å². The van der Waals surface area contributed by atoms with Crippen molar-refractivity contribution in [1.82, 2.24) is 15.1 Å². The fourth-order valence-electron chi connectivity index (χ4n) is 1.66. The summed E-state index contributed by atoms with van der Waals surface area (Å²) in [5, 5.41) is 10.3. The van der Waals surface area contributed by atoms with Crippen LogP contribution < -0.4 is 0 Å². The second kappa shape index (κ2) is 5.42. The van der Waals surface area contributed by atoms with E-state index in [4.69, 9.17) is 4.42 Å². The molecule has 0 aliphatic rings. The molecule has 0 amide bonds. The Bertz CT molecular complexity index is 435. The Labute approximate surface area is 105 Å². The largest absolute Gasteiger partial charge is 0.465 e. The summed E-state index contributed by atoms with van der Waals surface area (Å²) in [6.45, 7) is 8.72. The molecule has 2 aromatic heterocycles. The van der Waals surface area contributed by atoms with Gasteiger partial charge in [-0.25, -0.2) is 0 Å². The molecule has 0 aromatic carbocycles. The first-order chi connectivity index (χ1) is 8.17. The molecule has 2 aromatic rings. The highest BCUT2D eigenvalue weighted by Crippen LogP contribution is 2.14. The lowest BCUT2D eigenvalue weighted by molar-refractivity contribution is 0.245. The lowest BCUT2D eigenvalue weighted by Crippen LogP contribution is -2.21. The average Bonchev–Trinajstić information content (AvgIpc) is 2.87. The van der Waals surface area contributed by atoms with Crippen molar-refractivity contribution in [2.45, 2.75) is 33.9 Å². The SMILES string of the molecule is CCN(Cc1ccc(C)o1)Cc1nnc(C)s1. The molecule has 92 valence electrons. The molecule has 2 rings (SSSR count). The number of rotatable bonds is 5. The number of aromatic nitrogens is 2. The van der Waals surface area contributed by atoms with E-state index in [9.17, 15) is 0 Å². The first kappa shape index (κ1) is 12.3. The minimum atomic E-state index is 0.822. The second-order valence-electron chi connectivity index (χ2n) is 4.03. The van der Waals surface area contributed by atoms with Crippen LogP contribution in [0.15, 0.2) is 16.5 Å². The fourth-order valence-corrected chi connectivity index (χ4v) is 2.41. The monoisotopic (exact) mass is 251 g/mol. The molecule has 0 fully saturated rings. The van der Waals surface area contributed by atoms with E-state index in [0.717, 1.165) is 41.2 Å². The molecule has 0 unspecified atom stereocenters. The zero-order chi connectivity index (χ0) is 12.3. The summed E-state index contributed by atoms with van der Waals surface area (Å²) in [4.78, 5) is 2.29. The van der Waals surface area contributed by atoms with Crippen molar-refractivity contribution in [2.24, 2.45) is 0 Å². The van der Waals surface area contributed by atoms with Crippen LogP contribution in [-0.2, 0) is 13.1 Å². The number of furan rings is 1. The Morgan fingerprint density at radius 1 is 1.24 bits per heavy atom. The van der Waals surface area contributed by atoms with E-state index in [1.807, 2.05) is 26.0 Å². The minimum absolute atomic E-state index is 0.822.